The lowest BCUT2D eigenvalue weighted by molar-refractivity contribution is 0.454. The van der Waals surface area contributed by atoms with Gasteiger partial charge in [0.2, 0.25) is 0 Å². The van der Waals surface area contributed by atoms with E-state index in [1.165, 1.54) is 6.26 Å². The highest BCUT2D eigenvalue weighted by Gasteiger charge is 2.24. The fourth-order valence-electron chi connectivity index (χ4n) is 2.26. The Morgan fingerprint density at radius 3 is 2.39 bits per heavy atom. The van der Waals surface area contributed by atoms with Crippen molar-refractivity contribution in [3.63, 3.8) is 0 Å². The lowest BCUT2D eigenvalue weighted by Gasteiger charge is -2.35. The lowest BCUT2D eigenvalue weighted by Crippen LogP contribution is -2.39. The highest BCUT2D eigenvalue weighted by molar-refractivity contribution is 7.90. The molecule has 1 aliphatic rings. The molecule has 0 aliphatic carbocycles. The summed E-state index contributed by atoms with van der Waals surface area (Å²) in [5.74, 6) is 0.454. The molecule has 0 radical (unpaired) electrons. The second-order valence-electron chi connectivity index (χ2n) is 4.99. The Labute approximate surface area is 114 Å². The average Bonchev–Trinajstić information content (AvgIpc) is 2.32. The van der Waals surface area contributed by atoms with Crippen LogP contribution in [0, 0.1) is 5.92 Å². The molecule has 2 rings (SSSR count). The standard InChI is InChI=1S/C13H18ClNO2S/c1-10-9-15(8-7-13(10)14)11-3-5-12(6-4-11)18(2,16)17/h3-6,10,13H,7-9H2,1-2H3. The zero-order valence-electron chi connectivity index (χ0n) is 10.6. The number of hydrogen-bond donors (Lipinski definition) is 0. The van der Waals surface area contributed by atoms with Crippen LogP contribution in [0.25, 0.3) is 0 Å². The van der Waals surface area contributed by atoms with Gasteiger partial charge in [-0.15, -0.1) is 11.6 Å². The second-order valence-corrected chi connectivity index (χ2v) is 7.57. The summed E-state index contributed by atoms with van der Waals surface area (Å²) >= 11 is 6.20. The fourth-order valence-corrected chi connectivity index (χ4v) is 3.06. The molecule has 1 fully saturated rings. The van der Waals surface area contributed by atoms with Crippen LogP contribution < -0.4 is 4.90 Å². The number of nitrogens with zero attached hydrogens (tertiary/aromatic N) is 1. The van der Waals surface area contributed by atoms with E-state index in [0.29, 0.717) is 10.8 Å². The molecule has 0 saturated carbocycles. The number of sulfone groups is 1. The molecule has 0 spiro atoms. The third-order valence-corrected chi connectivity index (χ3v) is 5.21. The third-order valence-electron chi connectivity index (χ3n) is 3.43. The molecule has 0 bridgehead atoms. The summed E-state index contributed by atoms with van der Waals surface area (Å²) < 4.78 is 22.8. The first-order valence-electron chi connectivity index (χ1n) is 6.07. The van der Waals surface area contributed by atoms with E-state index in [2.05, 4.69) is 11.8 Å². The van der Waals surface area contributed by atoms with Gasteiger partial charge < -0.3 is 4.90 Å². The van der Waals surface area contributed by atoms with Crippen LogP contribution in [-0.2, 0) is 9.84 Å². The molecule has 18 heavy (non-hydrogen) atoms. The van der Waals surface area contributed by atoms with Crippen molar-refractivity contribution >= 4 is 27.1 Å². The summed E-state index contributed by atoms with van der Waals surface area (Å²) in [6.45, 7) is 4.00. The van der Waals surface area contributed by atoms with Gasteiger partial charge in [-0.2, -0.15) is 0 Å². The molecule has 0 amide bonds. The topological polar surface area (TPSA) is 37.4 Å². The van der Waals surface area contributed by atoms with E-state index >= 15 is 0 Å². The molecule has 0 N–H and O–H groups in total. The van der Waals surface area contributed by atoms with Crippen LogP contribution in [0.2, 0.25) is 0 Å². The Morgan fingerprint density at radius 2 is 1.89 bits per heavy atom. The van der Waals surface area contributed by atoms with Crippen LogP contribution >= 0.6 is 11.6 Å². The molecular weight excluding hydrogens is 270 g/mol. The summed E-state index contributed by atoms with van der Waals surface area (Å²) in [7, 11) is -3.11. The van der Waals surface area contributed by atoms with E-state index < -0.39 is 9.84 Å². The highest BCUT2D eigenvalue weighted by atomic mass is 35.5. The summed E-state index contributed by atoms with van der Waals surface area (Å²) in [5.41, 5.74) is 1.07. The first-order chi connectivity index (χ1) is 8.38. The largest absolute Gasteiger partial charge is 0.371 e. The zero-order valence-corrected chi connectivity index (χ0v) is 12.2. The maximum absolute atomic E-state index is 11.4. The number of benzene rings is 1. The van der Waals surface area contributed by atoms with Crippen molar-refractivity contribution in [3.05, 3.63) is 24.3 Å². The molecule has 5 heteroatoms. The maximum atomic E-state index is 11.4. The Morgan fingerprint density at radius 1 is 1.28 bits per heavy atom. The van der Waals surface area contributed by atoms with E-state index in [0.717, 1.165) is 25.2 Å². The van der Waals surface area contributed by atoms with Gasteiger partial charge in [0.1, 0.15) is 0 Å². The molecule has 1 heterocycles. The van der Waals surface area contributed by atoms with Gasteiger partial charge in [-0.05, 0) is 36.6 Å². The minimum Gasteiger partial charge on any atom is -0.371 e. The molecule has 2 atom stereocenters. The van der Waals surface area contributed by atoms with E-state index in [1.54, 1.807) is 12.1 Å². The normalized spacial score (nSPS) is 25.2. The van der Waals surface area contributed by atoms with Crippen molar-refractivity contribution in [2.75, 3.05) is 24.2 Å². The molecule has 3 nitrogen and oxygen atoms in total. The second kappa shape index (κ2) is 5.10. The minimum atomic E-state index is -3.11. The van der Waals surface area contributed by atoms with Crippen molar-refractivity contribution in [2.45, 2.75) is 23.6 Å². The maximum Gasteiger partial charge on any atom is 0.175 e. The molecule has 1 aromatic carbocycles. The summed E-state index contributed by atoms with van der Waals surface area (Å²) in [6, 6.07) is 7.08. The Bertz CT molecular complexity index is 512. The van der Waals surface area contributed by atoms with Gasteiger partial charge in [-0.3, -0.25) is 0 Å². The summed E-state index contributed by atoms with van der Waals surface area (Å²) in [6.07, 6.45) is 2.19. The van der Waals surface area contributed by atoms with Gasteiger partial charge in [0, 0.05) is 30.4 Å². The van der Waals surface area contributed by atoms with E-state index in [1.807, 2.05) is 12.1 Å². The molecule has 1 aliphatic heterocycles. The van der Waals surface area contributed by atoms with E-state index in [4.69, 9.17) is 11.6 Å². The van der Waals surface area contributed by atoms with Gasteiger partial charge in [0.05, 0.1) is 4.90 Å². The summed E-state index contributed by atoms with van der Waals surface area (Å²) in [4.78, 5) is 2.63. The van der Waals surface area contributed by atoms with Crippen LogP contribution in [-0.4, -0.2) is 33.1 Å². The van der Waals surface area contributed by atoms with Crippen LogP contribution in [0.15, 0.2) is 29.2 Å². The van der Waals surface area contributed by atoms with Crippen LogP contribution in [0.5, 0.6) is 0 Å². The quantitative estimate of drug-likeness (QED) is 0.785. The average molecular weight is 288 g/mol. The van der Waals surface area contributed by atoms with Crippen LogP contribution in [0.1, 0.15) is 13.3 Å². The lowest BCUT2D eigenvalue weighted by atomic mass is 9.99. The minimum absolute atomic E-state index is 0.247. The van der Waals surface area contributed by atoms with Crippen molar-refractivity contribution in [1.82, 2.24) is 0 Å². The van der Waals surface area contributed by atoms with E-state index in [9.17, 15) is 8.42 Å². The first-order valence-corrected chi connectivity index (χ1v) is 8.40. The van der Waals surface area contributed by atoms with Crippen molar-refractivity contribution < 1.29 is 8.42 Å². The van der Waals surface area contributed by atoms with Crippen LogP contribution in [0.3, 0.4) is 0 Å². The predicted octanol–water partition coefficient (Wildman–Crippen LogP) is 2.54. The number of rotatable bonds is 2. The highest BCUT2D eigenvalue weighted by Crippen LogP contribution is 2.27. The monoisotopic (exact) mass is 287 g/mol. The SMILES string of the molecule is CC1CN(c2ccc(S(C)(=O)=O)cc2)CCC1Cl. The van der Waals surface area contributed by atoms with Crippen molar-refractivity contribution in [2.24, 2.45) is 5.92 Å². The van der Waals surface area contributed by atoms with Gasteiger partial charge >= 0.3 is 0 Å². The van der Waals surface area contributed by atoms with Gasteiger partial charge in [0.25, 0.3) is 0 Å². The number of hydrogen-bond acceptors (Lipinski definition) is 3. The van der Waals surface area contributed by atoms with E-state index in [-0.39, 0.29) is 5.38 Å². The molecular formula is C13H18ClNO2S. The van der Waals surface area contributed by atoms with Crippen molar-refractivity contribution in [3.8, 4) is 0 Å². The number of halogens is 1. The number of alkyl halides is 1. The predicted molar refractivity (Wildman–Crippen MR) is 75.2 cm³/mol. The number of anilines is 1. The summed E-state index contributed by atoms with van der Waals surface area (Å²) in [5, 5.41) is 0.247. The Hall–Kier alpha value is -0.740. The molecule has 0 aromatic heterocycles. The molecule has 1 saturated heterocycles. The fraction of sp³-hybridized carbons (Fsp3) is 0.538. The number of piperidine rings is 1. The van der Waals surface area contributed by atoms with Gasteiger partial charge in [-0.1, -0.05) is 6.92 Å². The van der Waals surface area contributed by atoms with Crippen LogP contribution in [0.4, 0.5) is 5.69 Å². The zero-order chi connectivity index (χ0) is 13.3. The molecule has 2 unspecified atom stereocenters. The Balaban J connectivity index is 2.16. The Kier molecular flexibility index (Phi) is 3.87. The third kappa shape index (κ3) is 2.98. The van der Waals surface area contributed by atoms with Gasteiger partial charge in [0.15, 0.2) is 9.84 Å². The van der Waals surface area contributed by atoms with Gasteiger partial charge in [-0.25, -0.2) is 8.42 Å². The molecule has 1 aromatic rings. The smallest absolute Gasteiger partial charge is 0.175 e. The first kappa shape index (κ1) is 13.7. The van der Waals surface area contributed by atoms with Crippen molar-refractivity contribution in [1.29, 1.82) is 0 Å². The molecule has 100 valence electrons.